The van der Waals surface area contributed by atoms with Crippen molar-refractivity contribution in [2.24, 2.45) is 7.05 Å². The van der Waals surface area contributed by atoms with E-state index in [0.717, 1.165) is 25.7 Å². The number of sulfonamides is 1. The van der Waals surface area contributed by atoms with Crippen molar-refractivity contribution < 1.29 is 17.6 Å². The minimum absolute atomic E-state index is 0.00484. The zero-order valence-electron chi connectivity index (χ0n) is 16.1. The average Bonchev–Trinajstić information content (AvgIpc) is 2.91. The predicted octanol–water partition coefficient (Wildman–Crippen LogP) is 2.03. The van der Waals surface area contributed by atoms with E-state index in [2.05, 4.69) is 10.0 Å². The summed E-state index contributed by atoms with van der Waals surface area (Å²) in [6.07, 6.45) is 7.97. The fraction of sp³-hybridized carbons (Fsp3) is 0.579. The molecule has 28 heavy (non-hydrogen) atoms. The molecule has 1 aliphatic carbocycles. The number of carbonyl (C=O) groups is 1. The van der Waals surface area contributed by atoms with Gasteiger partial charge in [0.25, 0.3) is 0 Å². The molecule has 1 heterocycles. The zero-order valence-corrected chi connectivity index (χ0v) is 16.9. The van der Waals surface area contributed by atoms with E-state index in [9.17, 15) is 18.0 Å². The van der Waals surface area contributed by atoms with Crippen LogP contribution in [-0.2, 0) is 21.9 Å². The Kier molecular flexibility index (Phi) is 6.56. The highest BCUT2D eigenvalue weighted by Gasteiger charge is 2.18. The third kappa shape index (κ3) is 5.02. The van der Waals surface area contributed by atoms with Crippen LogP contribution in [0.25, 0.3) is 11.1 Å². The van der Waals surface area contributed by atoms with E-state index in [4.69, 9.17) is 4.42 Å². The summed E-state index contributed by atoms with van der Waals surface area (Å²) in [6, 6.07) is 4.44. The Hall–Kier alpha value is -2.13. The van der Waals surface area contributed by atoms with Crippen molar-refractivity contribution in [3.05, 3.63) is 28.7 Å². The number of benzene rings is 1. The largest absolute Gasteiger partial charge is 0.419 e. The van der Waals surface area contributed by atoms with Gasteiger partial charge >= 0.3 is 5.76 Å². The van der Waals surface area contributed by atoms with Crippen molar-refractivity contribution in [2.45, 2.75) is 62.3 Å². The molecule has 1 amide bonds. The van der Waals surface area contributed by atoms with E-state index in [1.807, 2.05) is 0 Å². The molecule has 154 valence electrons. The summed E-state index contributed by atoms with van der Waals surface area (Å²) >= 11 is 0. The number of nitrogens with zero attached hydrogens (tertiary/aromatic N) is 1. The van der Waals surface area contributed by atoms with Gasteiger partial charge in [-0.25, -0.2) is 17.9 Å². The Morgan fingerprint density at radius 3 is 2.57 bits per heavy atom. The number of fused-ring (bicyclic) bond motifs is 1. The number of aryl methyl sites for hydroxylation is 1. The second-order valence-corrected chi connectivity index (χ2v) is 9.08. The molecule has 2 aromatic rings. The number of hydrogen-bond donors (Lipinski definition) is 2. The summed E-state index contributed by atoms with van der Waals surface area (Å²) in [5, 5.41) is 3.02. The lowest BCUT2D eigenvalue weighted by Crippen LogP contribution is -2.37. The first-order chi connectivity index (χ1) is 13.4. The Bertz CT molecular complexity index is 985. The summed E-state index contributed by atoms with van der Waals surface area (Å²) in [6.45, 7) is 0.0116. The molecule has 3 rings (SSSR count). The van der Waals surface area contributed by atoms with Crippen LogP contribution in [0.2, 0.25) is 0 Å². The first-order valence-corrected chi connectivity index (χ1v) is 11.2. The van der Waals surface area contributed by atoms with Crippen molar-refractivity contribution in [3.8, 4) is 0 Å². The van der Waals surface area contributed by atoms with Gasteiger partial charge in [-0.05, 0) is 25.0 Å². The van der Waals surface area contributed by atoms with Crippen LogP contribution in [0.1, 0.15) is 51.4 Å². The third-order valence-corrected chi connectivity index (χ3v) is 6.65. The first-order valence-electron chi connectivity index (χ1n) is 9.75. The standard InChI is InChI=1S/C19H27N3O5S/c1-22-16-10-9-15(13-17(16)27-19(22)24)28(25,26)20-12-11-18(23)21-14-7-5-3-2-4-6-8-14/h9-10,13-14,20H,2-8,11-12H2,1H3,(H,21,23). The lowest BCUT2D eigenvalue weighted by molar-refractivity contribution is -0.121. The van der Waals surface area contributed by atoms with Crippen molar-refractivity contribution in [1.29, 1.82) is 0 Å². The molecule has 1 saturated carbocycles. The SMILES string of the molecule is Cn1c(=O)oc2cc(S(=O)(=O)NCCC(=O)NC3CCCCCCC3)ccc21. The van der Waals surface area contributed by atoms with E-state index in [0.29, 0.717) is 5.52 Å². The molecule has 0 atom stereocenters. The fourth-order valence-corrected chi connectivity index (χ4v) is 4.61. The number of aromatic nitrogens is 1. The molecular formula is C19H27N3O5S. The highest BCUT2D eigenvalue weighted by atomic mass is 32.2. The number of amides is 1. The minimum atomic E-state index is -3.80. The monoisotopic (exact) mass is 409 g/mol. The molecule has 1 aromatic heterocycles. The van der Waals surface area contributed by atoms with Gasteiger partial charge in [-0.2, -0.15) is 0 Å². The van der Waals surface area contributed by atoms with Crippen LogP contribution in [0.3, 0.4) is 0 Å². The molecule has 1 aliphatic rings. The third-order valence-electron chi connectivity index (χ3n) is 5.19. The van der Waals surface area contributed by atoms with Gasteiger partial charge in [-0.1, -0.05) is 32.1 Å². The summed E-state index contributed by atoms with van der Waals surface area (Å²) in [7, 11) is -2.25. The topological polar surface area (TPSA) is 110 Å². The maximum absolute atomic E-state index is 12.5. The van der Waals surface area contributed by atoms with Crippen LogP contribution in [0, 0.1) is 0 Å². The van der Waals surface area contributed by atoms with Crippen LogP contribution in [0.5, 0.6) is 0 Å². The van der Waals surface area contributed by atoms with Crippen LogP contribution in [0.4, 0.5) is 0 Å². The van der Waals surface area contributed by atoms with Crippen molar-refractivity contribution in [1.82, 2.24) is 14.6 Å². The smallest absolute Gasteiger partial charge is 0.408 e. The molecule has 0 radical (unpaired) electrons. The number of carbonyl (C=O) groups excluding carboxylic acids is 1. The van der Waals surface area contributed by atoms with Crippen LogP contribution < -0.4 is 15.8 Å². The Morgan fingerprint density at radius 2 is 1.86 bits per heavy atom. The fourth-order valence-electron chi connectivity index (χ4n) is 3.56. The van der Waals surface area contributed by atoms with Crippen LogP contribution >= 0.6 is 0 Å². The Labute approximate surface area is 164 Å². The molecule has 0 unspecified atom stereocenters. The lowest BCUT2D eigenvalue weighted by Gasteiger charge is -2.21. The highest BCUT2D eigenvalue weighted by molar-refractivity contribution is 7.89. The lowest BCUT2D eigenvalue weighted by atomic mass is 9.96. The van der Waals surface area contributed by atoms with E-state index in [-0.39, 0.29) is 35.4 Å². The number of rotatable bonds is 6. The summed E-state index contributed by atoms with van der Waals surface area (Å²) < 4.78 is 33.7. The van der Waals surface area contributed by atoms with Crippen molar-refractivity contribution in [3.63, 3.8) is 0 Å². The summed E-state index contributed by atoms with van der Waals surface area (Å²) in [5.74, 6) is -0.693. The maximum atomic E-state index is 12.5. The van der Waals surface area contributed by atoms with Gasteiger partial charge in [-0.3, -0.25) is 9.36 Å². The summed E-state index contributed by atoms with van der Waals surface area (Å²) in [4.78, 5) is 23.7. The second-order valence-electron chi connectivity index (χ2n) is 7.31. The molecular weight excluding hydrogens is 382 g/mol. The normalized spacial score (nSPS) is 16.6. The number of oxazole rings is 1. The van der Waals surface area contributed by atoms with Crippen molar-refractivity contribution in [2.75, 3.05) is 6.54 Å². The van der Waals surface area contributed by atoms with E-state index in [1.54, 1.807) is 7.05 Å². The van der Waals surface area contributed by atoms with E-state index in [1.165, 1.54) is 42.0 Å². The molecule has 0 aliphatic heterocycles. The van der Waals surface area contributed by atoms with Crippen LogP contribution in [-0.4, -0.2) is 31.5 Å². The molecule has 9 heteroatoms. The number of nitrogens with one attached hydrogen (secondary N) is 2. The predicted molar refractivity (Wildman–Crippen MR) is 106 cm³/mol. The quantitative estimate of drug-likeness (QED) is 0.758. The van der Waals surface area contributed by atoms with Gasteiger partial charge in [0.2, 0.25) is 15.9 Å². The molecule has 0 spiro atoms. The molecule has 8 nitrogen and oxygen atoms in total. The van der Waals surface area contributed by atoms with Gasteiger partial charge in [0.1, 0.15) is 0 Å². The van der Waals surface area contributed by atoms with Gasteiger partial charge in [0.15, 0.2) is 5.58 Å². The van der Waals surface area contributed by atoms with Gasteiger partial charge in [0, 0.05) is 32.1 Å². The molecule has 0 bridgehead atoms. The molecule has 2 N–H and O–H groups in total. The maximum Gasteiger partial charge on any atom is 0.419 e. The summed E-state index contributed by atoms with van der Waals surface area (Å²) in [5.41, 5.74) is 0.722. The minimum Gasteiger partial charge on any atom is -0.408 e. The Balaban J connectivity index is 1.54. The molecule has 1 aromatic carbocycles. The van der Waals surface area contributed by atoms with E-state index < -0.39 is 15.8 Å². The van der Waals surface area contributed by atoms with Crippen LogP contribution in [0.15, 0.2) is 32.3 Å². The second kappa shape index (κ2) is 8.91. The zero-order chi connectivity index (χ0) is 20.1. The van der Waals surface area contributed by atoms with Crippen molar-refractivity contribution >= 4 is 27.0 Å². The number of hydrogen-bond acceptors (Lipinski definition) is 5. The van der Waals surface area contributed by atoms with E-state index >= 15 is 0 Å². The first kappa shape index (κ1) is 20.6. The average molecular weight is 410 g/mol. The van der Waals surface area contributed by atoms with Gasteiger partial charge in [0.05, 0.1) is 10.4 Å². The molecule has 0 saturated heterocycles. The van der Waals surface area contributed by atoms with Gasteiger partial charge < -0.3 is 9.73 Å². The Morgan fingerprint density at radius 1 is 1.18 bits per heavy atom. The molecule has 1 fully saturated rings. The highest BCUT2D eigenvalue weighted by Crippen LogP contribution is 2.18. The van der Waals surface area contributed by atoms with Gasteiger partial charge in [-0.15, -0.1) is 0 Å².